The van der Waals surface area contributed by atoms with E-state index >= 15 is 0 Å². The first kappa shape index (κ1) is 25.2. The van der Waals surface area contributed by atoms with Gasteiger partial charge in [0.15, 0.2) is 17.5 Å². The molecule has 0 unspecified atom stereocenters. The van der Waals surface area contributed by atoms with Crippen LogP contribution in [0.4, 0.5) is 0 Å². The Labute approximate surface area is 244 Å². The third-order valence-electron chi connectivity index (χ3n) is 7.13. The average Bonchev–Trinajstić information content (AvgIpc) is 3.09. The van der Waals surface area contributed by atoms with Crippen molar-refractivity contribution < 1.29 is 0 Å². The molecule has 3 heterocycles. The molecule has 3 aromatic heterocycles. The molecule has 0 N–H and O–H groups in total. The monoisotopic (exact) mass is 539 g/mol. The summed E-state index contributed by atoms with van der Waals surface area (Å²) >= 11 is 0. The smallest absolute Gasteiger partial charge is 0.164 e. The Morgan fingerprint density at radius 2 is 0.714 bits per heavy atom. The minimum atomic E-state index is 0.628. The highest BCUT2D eigenvalue weighted by Crippen LogP contribution is 2.29. The van der Waals surface area contributed by atoms with Gasteiger partial charge in [0.2, 0.25) is 0 Å². The Hall–Kier alpha value is -5.81. The molecule has 7 aromatic rings. The van der Waals surface area contributed by atoms with Crippen molar-refractivity contribution in [3.8, 4) is 67.7 Å². The van der Waals surface area contributed by atoms with Gasteiger partial charge in [-0.3, -0.25) is 9.97 Å². The van der Waals surface area contributed by atoms with E-state index < -0.39 is 0 Å². The predicted molar refractivity (Wildman–Crippen MR) is 168 cm³/mol. The van der Waals surface area contributed by atoms with Crippen molar-refractivity contribution in [1.29, 1.82) is 0 Å². The molecule has 0 atom stereocenters. The van der Waals surface area contributed by atoms with Gasteiger partial charge < -0.3 is 0 Å². The zero-order chi connectivity index (χ0) is 28.1. The van der Waals surface area contributed by atoms with Gasteiger partial charge in [-0.15, -0.1) is 0 Å². The van der Waals surface area contributed by atoms with Crippen LogP contribution in [0.1, 0.15) is 0 Å². The summed E-state index contributed by atoms with van der Waals surface area (Å²) in [4.78, 5) is 23.4. The van der Waals surface area contributed by atoms with Crippen LogP contribution in [0.15, 0.2) is 152 Å². The van der Waals surface area contributed by atoms with E-state index in [0.29, 0.717) is 17.5 Å². The van der Waals surface area contributed by atoms with Crippen LogP contribution in [0.2, 0.25) is 0 Å². The molecule has 7 rings (SSSR count). The van der Waals surface area contributed by atoms with Crippen molar-refractivity contribution >= 4 is 0 Å². The first-order valence-corrected chi connectivity index (χ1v) is 13.7. The number of hydrogen-bond donors (Lipinski definition) is 0. The maximum atomic E-state index is 4.91. The molecule has 0 radical (unpaired) electrons. The Bertz CT molecular complexity index is 1920. The van der Waals surface area contributed by atoms with Gasteiger partial charge >= 0.3 is 0 Å². The standard InChI is InChI=1S/C37H25N5/c1-3-7-26(8-4-1)27-11-15-31(16-12-27)36-40-35(30-9-5-2-6-10-30)41-37(42-36)32-17-13-28(14-18-32)33-19-20-34(39-25-33)29-21-23-38-24-22-29/h1-25H. The van der Waals surface area contributed by atoms with Gasteiger partial charge in [0.05, 0.1) is 5.69 Å². The second kappa shape index (κ2) is 11.4. The van der Waals surface area contributed by atoms with E-state index in [1.807, 2.05) is 72.9 Å². The van der Waals surface area contributed by atoms with Crippen molar-refractivity contribution in [3.05, 3.63) is 152 Å². The summed E-state index contributed by atoms with van der Waals surface area (Å²) in [7, 11) is 0. The number of hydrogen-bond acceptors (Lipinski definition) is 5. The molecule has 0 saturated heterocycles. The van der Waals surface area contributed by atoms with E-state index in [9.17, 15) is 0 Å². The summed E-state index contributed by atoms with van der Waals surface area (Å²) in [6, 6.07) is 45.0. The van der Waals surface area contributed by atoms with Crippen LogP contribution in [0.5, 0.6) is 0 Å². The van der Waals surface area contributed by atoms with E-state index in [1.54, 1.807) is 12.4 Å². The molecule has 0 fully saturated rings. The lowest BCUT2D eigenvalue weighted by Gasteiger charge is -2.10. The quantitative estimate of drug-likeness (QED) is 0.212. The van der Waals surface area contributed by atoms with Gasteiger partial charge in [0.25, 0.3) is 0 Å². The molecular weight excluding hydrogens is 514 g/mol. The van der Waals surface area contributed by atoms with Crippen LogP contribution in [0.25, 0.3) is 67.7 Å². The lowest BCUT2D eigenvalue weighted by Crippen LogP contribution is -2.00. The normalized spacial score (nSPS) is 10.9. The third-order valence-corrected chi connectivity index (χ3v) is 7.13. The lowest BCUT2D eigenvalue weighted by atomic mass is 10.0. The fourth-order valence-electron chi connectivity index (χ4n) is 4.86. The lowest BCUT2D eigenvalue weighted by molar-refractivity contribution is 1.07. The number of benzene rings is 4. The van der Waals surface area contributed by atoms with Crippen LogP contribution in [-0.2, 0) is 0 Å². The first-order valence-electron chi connectivity index (χ1n) is 13.7. The minimum absolute atomic E-state index is 0.628. The molecule has 0 aliphatic carbocycles. The molecule has 0 aliphatic heterocycles. The Morgan fingerprint density at radius 3 is 1.21 bits per heavy atom. The molecule has 42 heavy (non-hydrogen) atoms. The van der Waals surface area contributed by atoms with E-state index in [0.717, 1.165) is 44.6 Å². The third kappa shape index (κ3) is 5.31. The van der Waals surface area contributed by atoms with Gasteiger partial charge in [-0.1, -0.05) is 115 Å². The molecule has 4 aromatic carbocycles. The highest BCUT2D eigenvalue weighted by Gasteiger charge is 2.13. The van der Waals surface area contributed by atoms with Crippen molar-refractivity contribution in [2.24, 2.45) is 0 Å². The molecule has 5 heteroatoms. The maximum absolute atomic E-state index is 4.91. The van der Waals surface area contributed by atoms with Crippen LogP contribution < -0.4 is 0 Å². The molecule has 0 amide bonds. The predicted octanol–water partition coefficient (Wildman–Crippen LogP) is 8.66. The van der Waals surface area contributed by atoms with Gasteiger partial charge in [0, 0.05) is 46.4 Å². The molecule has 0 aliphatic rings. The Balaban J connectivity index is 1.22. The van der Waals surface area contributed by atoms with Gasteiger partial charge in [-0.2, -0.15) is 0 Å². The summed E-state index contributed by atoms with van der Waals surface area (Å²) in [5.41, 5.74) is 9.20. The topological polar surface area (TPSA) is 64.5 Å². The van der Waals surface area contributed by atoms with Gasteiger partial charge in [0.1, 0.15) is 0 Å². The van der Waals surface area contributed by atoms with E-state index in [-0.39, 0.29) is 0 Å². The van der Waals surface area contributed by atoms with Crippen molar-refractivity contribution in [1.82, 2.24) is 24.9 Å². The zero-order valence-corrected chi connectivity index (χ0v) is 22.7. The summed E-state index contributed by atoms with van der Waals surface area (Å²) in [6.45, 7) is 0. The van der Waals surface area contributed by atoms with Crippen LogP contribution in [-0.4, -0.2) is 24.9 Å². The number of nitrogens with zero attached hydrogens (tertiary/aromatic N) is 5. The maximum Gasteiger partial charge on any atom is 0.164 e. The SMILES string of the molecule is c1ccc(-c2ccc(-c3nc(-c4ccccc4)nc(-c4ccc(-c5ccc(-c6ccncc6)nc5)cc4)n3)cc2)cc1. The number of rotatable bonds is 6. The fourth-order valence-corrected chi connectivity index (χ4v) is 4.86. The van der Waals surface area contributed by atoms with E-state index in [4.69, 9.17) is 15.0 Å². The Kier molecular flexibility index (Phi) is 6.81. The van der Waals surface area contributed by atoms with E-state index in [2.05, 4.69) is 76.7 Å². The van der Waals surface area contributed by atoms with Crippen LogP contribution in [0.3, 0.4) is 0 Å². The van der Waals surface area contributed by atoms with Crippen molar-refractivity contribution in [3.63, 3.8) is 0 Å². The largest absolute Gasteiger partial charge is 0.265 e. The fraction of sp³-hybridized carbons (Fsp3) is 0. The van der Waals surface area contributed by atoms with Gasteiger partial charge in [-0.25, -0.2) is 15.0 Å². The second-order valence-corrected chi connectivity index (χ2v) is 9.86. The van der Waals surface area contributed by atoms with Crippen LogP contribution >= 0.6 is 0 Å². The molecule has 0 saturated carbocycles. The molecule has 0 bridgehead atoms. The number of pyridine rings is 2. The molecule has 198 valence electrons. The van der Waals surface area contributed by atoms with E-state index in [1.165, 1.54) is 5.56 Å². The first-order chi connectivity index (χ1) is 20.8. The summed E-state index contributed by atoms with van der Waals surface area (Å²) in [6.07, 6.45) is 5.46. The zero-order valence-electron chi connectivity index (χ0n) is 22.7. The number of aromatic nitrogens is 5. The highest BCUT2D eigenvalue weighted by atomic mass is 15.0. The molecular formula is C37H25N5. The van der Waals surface area contributed by atoms with Gasteiger partial charge in [-0.05, 0) is 34.9 Å². The summed E-state index contributed by atoms with van der Waals surface area (Å²) in [5.74, 6) is 1.91. The second-order valence-electron chi connectivity index (χ2n) is 9.86. The van der Waals surface area contributed by atoms with Crippen molar-refractivity contribution in [2.45, 2.75) is 0 Å². The summed E-state index contributed by atoms with van der Waals surface area (Å²) < 4.78 is 0. The Morgan fingerprint density at radius 1 is 0.310 bits per heavy atom. The minimum Gasteiger partial charge on any atom is -0.265 e. The molecule has 0 spiro atoms. The van der Waals surface area contributed by atoms with Crippen molar-refractivity contribution in [2.75, 3.05) is 0 Å². The average molecular weight is 540 g/mol. The molecule has 5 nitrogen and oxygen atoms in total. The van der Waals surface area contributed by atoms with Crippen LogP contribution in [0, 0.1) is 0 Å². The highest BCUT2D eigenvalue weighted by molar-refractivity contribution is 5.72. The summed E-state index contributed by atoms with van der Waals surface area (Å²) in [5, 5.41) is 0.